The molecule has 0 radical (unpaired) electrons. The van der Waals surface area contributed by atoms with Crippen LogP contribution in [0.4, 0.5) is 13.2 Å². The molecule has 0 aromatic heterocycles. The molecule has 1 aromatic carbocycles. The average molecular weight is 400 g/mol. The van der Waals surface area contributed by atoms with E-state index >= 15 is 0 Å². The summed E-state index contributed by atoms with van der Waals surface area (Å²) in [6, 6.07) is 5.27. The maximum absolute atomic E-state index is 12.6. The van der Waals surface area contributed by atoms with Gasteiger partial charge in [-0.05, 0) is 56.8 Å². The topological polar surface area (TPSA) is 59.9 Å². The minimum atomic E-state index is -4.30. The van der Waals surface area contributed by atoms with Crippen molar-refractivity contribution in [2.75, 3.05) is 39.3 Å². The standard InChI is InChI=1S/C20H31F3N4O/c1-2-24-19(25-11-3-13-27-14-9-18(28)10-15-27)26-12-8-16-4-6-17(7-5-16)20(21,22)23/h4-7,18,28H,2-3,8-15H2,1H3,(H2,24,25,26). The maximum Gasteiger partial charge on any atom is 0.416 e. The Morgan fingerprint density at radius 1 is 1.18 bits per heavy atom. The largest absolute Gasteiger partial charge is 0.416 e. The highest BCUT2D eigenvalue weighted by Gasteiger charge is 2.29. The second kappa shape index (κ2) is 11.3. The molecule has 0 spiro atoms. The molecular formula is C20H31F3N4O. The van der Waals surface area contributed by atoms with Gasteiger partial charge in [-0.1, -0.05) is 12.1 Å². The summed E-state index contributed by atoms with van der Waals surface area (Å²) in [7, 11) is 0. The van der Waals surface area contributed by atoms with Crippen molar-refractivity contribution in [3.05, 3.63) is 35.4 Å². The molecule has 1 heterocycles. The third-order valence-electron chi connectivity index (χ3n) is 4.79. The minimum absolute atomic E-state index is 0.150. The van der Waals surface area contributed by atoms with Gasteiger partial charge in [0, 0.05) is 32.7 Å². The molecule has 1 saturated heterocycles. The molecule has 28 heavy (non-hydrogen) atoms. The van der Waals surface area contributed by atoms with Crippen molar-refractivity contribution < 1.29 is 18.3 Å². The van der Waals surface area contributed by atoms with Crippen LogP contribution < -0.4 is 10.6 Å². The Bertz CT molecular complexity index is 596. The van der Waals surface area contributed by atoms with Gasteiger partial charge in [-0.2, -0.15) is 13.2 Å². The number of benzene rings is 1. The fraction of sp³-hybridized carbons (Fsp3) is 0.650. The van der Waals surface area contributed by atoms with Gasteiger partial charge in [-0.3, -0.25) is 4.99 Å². The zero-order valence-corrected chi connectivity index (χ0v) is 16.4. The Morgan fingerprint density at radius 3 is 2.46 bits per heavy atom. The second-order valence-electron chi connectivity index (χ2n) is 7.06. The summed E-state index contributed by atoms with van der Waals surface area (Å²) < 4.78 is 37.8. The van der Waals surface area contributed by atoms with Crippen molar-refractivity contribution in [3.8, 4) is 0 Å². The molecule has 0 amide bonds. The van der Waals surface area contributed by atoms with Gasteiger partial charge in [-0.25, -0.2) is 0 Å². The van der Waals surface area contributed by atoms with Gasteiger partial charge in [0.25, 0.3) is 0 Å². The number of aliphatic imine (C=N–C) groups is 1. The lowest BCUT2D eigenvalue weighted by molar-refractivity contribution is -0.137. The lowest BCUT2D eigenvalue weighted by Crippen LogP contribution is -2.39. The molecule has 0 unspecified atom stereocenters. The number of aliphatic hydroxyl groups excluding tert-OH is 1. The molecule has 1 aromatic rings. The number of rotatable bonds is 8. The van der Waals surface area contributed by atoms with Gasteiger partial charge in [0.1, 0.15) is 0 Å². The quantitative estimate of drug-likeness (QED) is 0.357. The van der Waals surface area contributed by atoms with Crippen LogP contribution in [0.25, 0.3) is 0 Å². The van der Waals surface area contributed by atoms with E-state index in [2.05, 4.69) is 20.5 Å². The van der Waals surface area contributed by atoms with E-state index in [4.69, 9.17) is 0 Å². The van der Waals surface area contributed by atoms with E-state index in [1.165, 1.54) is 12.1 Å². The zero-order valence-electron chi connectivity index (χ0n) is 16.4. The van der Waals surface area contributed by atoms with E-state index in [-0.39, 0.29) is 6.10 Å². The SMILES string of the molecule is CCNC(=NCCCN1CCC(O)CC1)NCCc1ccc(C(F)(F)F)cc1. The van der Waals surface area contributed by atoms with Crippen molar-refractivity contribution in [1.82, 2.24) is 15.5 Å². The van der Waals surface area contributed by atoms with Crippen LogP contribution in [0.15, 0.2) is 29.3 Å². The van der Waals surface area contributed by atoms with Gasteiger partial charge in [0.2, 0.25) is 0 Å². The summed E-state index contributed by atoms with van der Waals surface area (Å²) in [4.78, 5) is 6.91. The normalized spacial score (nSPS) is 17.0. The fourth-order valence-corrected chi connectivity index (χ4v) is 3.16. The van der Waals surface area contributed by atoms with Crippen LogP contribution in [0.5, 0.6) is 0 Å². The molecule has 8 heteroatoms. The molecule has 1 aliphatic rings. The number of piperidine rings is 1. The van der Waals surface area contributed by atoms with Crippen LogP contribution in [0.1, 0.15) is 37.3 Å². The molecule has 0 bridgehead atoms. The molecule has 5 nitrogen and oxygen atoms in total. The first-order valence-electron chi connectivity index (χ1n) is 9.97. The molecule has 2 rings (SSSR count). The smallest absolute Gasteiger partial charge is 0.393 e. The third kappa shape index (κ3) is 8.06. The Kier molecular flexibility index (Phi) is 9.05. The van der Waals surface area contributed by atoms with Gasteiger partial charge < -0.3 is 20.6 Å². The molecule has 1 fully saturated rings. The number of guanidine groups is 1. The van der Waals surface area contributed by atoms with Crippen LogP contribution >= 0.6 is 0 Å². The summed E-state index contributed by atoms with van der Waals surface area (Å²) >= 11 is 0. The van der Waals surface area contributed by atoms with Crippen molar-refractivity contribution >= 4 is 5.96 Å². The molecule has 158 valence electrons. The first-order valence-corrected chi connectivity index (χ1v) is 9.97. The van der Waals surface area contributed by atoms with Crippen molar-refractivity contribution in [1.29, 1.82) is 0 Å². The highest BCUT2D eigenvalue weighted by molar-refractivity contribution is 5.79. The van der Waals surface area contributed by atoms with E-state index in [0.29, 0.717) is 19.5 Å². The summed E-state index contributed by atoms with van der Waals surface area (Å²) in [5, 5.41) is 15.9. The van der Waals surface area contributed by atoms with Crippen molar-refractivity contribution in [3.63, 3.8) is 0 Å². The fourth-order valence-electron chi connectivity index (χ4n) is 3.16. The number of nitrogens with one attached hydrogen (secondary N) is 2. The van der Waals surface area contributed by atoms with E-state index in [1.54, 1.807) is 0 Å². The van der Waals surface area contributed by atoms with Crippen LogP contribution in [0.2, 0.25) is 0 Å². The van der Waals surface area contributed by atoms with E-state index in [9.17, 15) is 18.3 Å². The van der Waals surface area contributed by atoms with Crippen LogP contribution in [0, 0.1) is 0 Å². The molecule has 3 N–H and O–H groups in total. The van der Waals surface area contributed by atoms with E-state index in [0.717, 1.165) is 69.1 Å². The second-order valence-corrected chi connectivity index (χ2v) is 7.06. The first-order chi connectivity index (χ1) is 13.4. The van der Waals surface area contributed by atoms with Crippen LogP contribution in [-0.2, 0) is 12.6 Å². The zero-order chi connectivity index (χ0) is 20.4. The van der Waals surface area contributed by atoms with Crippen LogP contribution in [-0.4, -0.2) is 61.3 Å². The van der Waals surface area contributed by atoms with E-state index in [1.807, 2.05) is 6.92 Å². The predicted molar refractivity (Wildman–Crippen MR) is 105 cm³/mol. The van der Waals surface area contributed by atoms with E-state index < -0.39 is 11.7 Å². The number of likely N-dealkylation sites (tertiary alicyclic amines) is 1. The highest BCUT2D eigenvalue weighted by atomic mass is 19.4. The Hall–Kier alpha value is -1.80. The van der Waals surface area contributed by atoms with Gasteiger partial charge in [-0.15, -0.1) is 0 Å². The molecule has 0 aliphatic carbocycles. The first kappa shape index (κ1) is 22.5. The number of aliphatic hydroxyl groups is 1. The van der Waals surface area contributed by atoms with Crippen molar-refractivity contribution in [2.24, 2.45) is 4.99 Å². The number of hydrogen-bond acceptors (Lipinski definition) is 3. The Balaban J connectivity index is 1.70. The third-order valence-corrected chi connectivity index (χ3v) is 4.79. The summed E-state index contributed by atoms with van der Waals surface area (Å²) in [6.45, 7) is 6.89. The minimum Gasteiger partial charge on any atom is -0.393 e. The molecular weight excluding hydrogens is 369 g/mol. The number of alkyl halides is 3. The van der Waals surface area contributed by atoms with Gasteiger partial charge in [0.15, 0.2) is 5.96 Å². The maximum atomic E-state index is 12.6. The predicted octanol–water partition coefficient (Wildman–Crippen LogP) is 2.65. The van der Waals surface area contributed by atoms with Crippen molar-refractivity contribution in [2.45, 2.75) is 44.9 Å². The number of halogens is 3. The highest BCUT2D eigenvalue weighted by Crippen LogP contribution is 2.29. The monoisotopic (exact) mass is 400 g/mol. The summed E-state index contributed by atoms with van der Waals surface area (Å²) in [5.41, 5.74) is 0.228. The molecule has 1 aliphatic heterocycles. The molecule has 0 saturated carbocycles. The molecule has 0 atom stereocenters. The van der Waals surface area contributed by atoms with Gasteiger partial charge >= 0.3 is 6.18 Å². The lowest BCUT2D eigenvalue weighted by atomic mass is 10.1. The Morgan fingerprint density at radius 2 is 1.86 bits per heavy atom. The number of nitrogens with zero attached hydrogens (tertiary/aromatic N) is 2. The average Bonchev–Trinajstić information content (AvgIpc) is 2.66. The summed E-state index contributed by atoms with van der Waals surface area (Å²) in [5.74, 6) is 0.725. The van der Waals surface area contributed by atoms with Crippen LogP contribution in [0.3, 0.4) is 0 Å². The summed E-state index contributed by atoms with van der Waals surface area (Å²) in [6.07, 6.45) is -1.18. The lowest BCUT2D eigenvalue weighted by Gasteiger charge is -2.29. The van der Waals surface area contributed by atoms with Gasteiger partial charge in [0.05, 0.1) is 11.7 Å². The number of hydrogen-bond donors (Lipinski definition) is 3. The Labute approximate surface area is 165 Å².